The van der Waals surface area contributed by atoms with Crippen molar-refractivity contribution in [1.82, 2.24) is 0 Å². The van der Waals surface area contributed by atoms with Gasteiger partial charge in [0.05, 0.1) is 47.0 Å². The summed E-state index contributed by atoms with van der Waals surface area (Å²) < 4.78 is 10.9. The molecular formula is C20H38ClN3O3. The number of hydrogen-bond donors (Lipinski definition) is 2. The summed E-state index contributed by atoms with van der Waals surface area (Å²) in [4.78, 5) is 9.47. The van der Waals surface area contributed by atoms with Crippen molar-refractivity contribution in [2.24, 2.45) is 11.5 Å². The second-order valence-corrected chi connectivity index (χ2v) is 5.79. The molecular weight excluding hydrogens is 366 g/mol. The van der Waals surface area contributed by atoms with E-state index in [9.17, 15) is 4.79 Å². The molecule has 1 aliphatic rings. The Balaban J connectivity index is -0.000000135. The first-order valence-electron chi connectivity index (χ1n) is 8.31. The Morgan fingerprint density at radius 2 is 1.52 bits per heavy atom. The van der Waals surface area contributed by atoms with Crippen molar-refractivity contribution in [3.8, 4) is 0 Å². The van der Waals surface area contributed by atoms with E-state index in [1.807, 2.05) is 12.2 Å². The summed E-state index contributed by atoms with van der Waals surface area (Å²) in [7, 11) is 4.31. The van der Waals surface area contributed by atoms with Crippen LogP contribution in [0.2, 0.25) is 0 Å². The van der Waals surface area contributed by atoms with E-state index in [-0.39, 0.29) is 12.4 Å². The number of ether oxygens (including phenoxy) is 2. The Morgan fingerprint density at radius 1 is 1.11 bits per heavy atom. The van der Waals surface area contributed by atoms with Crippen LogP contribution in [-0.2, 0) is 14.3 Å². The van der Waals surface area contributed by atoms with Crippen LogP contribution in [0.4, 0.5) is 0 Å². The molecule has 0 aromatic heterocycles. The number of halogens is 1. The topological polar surface area (TPSA) is 90.9 Å². The maximum absolute atomic E-state index is 9.47. The van der Waals surface area contributed by atoms with E-state index in [0.29, 0.717) is 19.3 Å². The molecule has 1 heterocycles. The monoisotopic (exact) mass is 403 g/mol. The minimum absolute atomic E-state index is 0. The Kier molecular flexibility index (Phi) is 29.6. The van der Waals surface area contributed by atoms with Crippen LogP contribution in [0.15, 0.2) is 63.3 Å². The molecule has 0 aromatic carbocycles. The van der Waals surface area contributed by atoms with E-state index in [2.05, 4.69) is 52.7 Å². The zero-order valence-corrected chi connectivity index (χ0v) is 17.7. The zero-order chi connectivity index (χ0) is 20.8. The quantitative estimate of drug-likeness (QED) is 0.158. The van der Waals surface area contributed by atoms with E-state index in [4.69, 9.17) is 15.2 Å². The number of nitrogens with two attached hydrogens (primary N) is 2. The van der Waals surface area contributed by atoms with Crippen LogP contribution in [0.25, 0.3) is 0 Å². The Morgan fingerprint density at radius 3 is 1.74 bits per heavy atom. The summed E-state index contributed by atoms with van der Waals surface area (Å²) in [5, 5.41) is 0. The van der Waals surface area contributed by atoms with Crippen molar-refractivity contribution in [1.29, 1.82) is 0 Å². The first-order chi connectivity index (χ1) is 12.2. The number of epoxide rings is 1. The van der Waals surface area contributed by atoms with Gasteiger partial charge in [-0.2, -0.15) is 0 Å². The fraction of sp³-hybridized carbons (Fsp3) is 0.450. The van der Waals surface area contributed by atoms with Crippen molar-refractivity contribution in [3.63, 3.8) is 0 Å². The van der Waals surface area contributed by atoms with Crippen molar-refractivity contribution in [2.45, 2.75) is 6.10 Å². The van der Waals surface area contributed by atoms with Crippen LogP contribution in [0, 0.1) is 0 Å². The molecule has 7 heteroatoms. The SMILES string of the molecule is C=CC(N)=O.C=CCN.C=CCOCC1CO1.C=CC[N+](C)(C)CC=C.[Cl-]. The highest BCUT2D eigenvalue weighted by Crippen LogP contribution is 2.07. The molecule has 1 fully saturated rings. The lowest BCUT2D eigenvalue weighted by atomic mass is 10.4. The van der Waals surface area contributed by atoms with Gasteiger partial charge in [0.2, 0.25) is 5.91 Å². The summed E-state index contributed by atoms with van der Waals surface area (Å²) in [6.07, 6.45) is 8.70. The number of primary amides is 1. The lowest BCUT2D eigenvalue weighted by Gasteiger charge is -2.26. The second kappa shape index (κ2) is 24.3. The molecule has 0 aliphatic carbocycles. The predicted octanol–water partition coefficient (Wildman–Crippen LogP) is -1.18. The minimum atomic E-state index is -0.481. The van der Waals surface area contributed by atoms with E-state index in [1.54, 1.807) is 12.2 Å². The Hall–Kier alpha value is -1.70. The fourth-order valence-corrected chi connectivity index (χ4v) is 1.22. The predicted molar refractivity (Wildman–Crippen MR) is 112 cm³/mol. The molecule has 1 rings (SSSR count). The van der Waals surface area contributed by atoms with Crippen LogP contribution < -0.4 is 23.9 Å². The molecule has 0 bridgehead atoms. The van der Waals surface area contributed by atoms with Gasteiger partial charge in [-0.25, -0.2) is 0 Å². The fourth-order valence-electron chi connectivity index (χ4n) is 1.22. The molecule has 1 unspecified atom stereocenters. The lowest BCUT2D eigenvalue weighted by Crippen LogP contribution is -3.00. The van der Waals surface area contributed by atoms with Crippen molar-refractivity contribution in [3.05, 3.63) is 63.3 Å². The highest BCUT2D eigenvalue weighted by Gasteiger charge is 2.21. The van der Waals surface area contributed by atoms with Crippen LogP contribution >= 0.6 is 0 Å². The molecule has 158 valence electrons. The van der Waals surface area contributed by atoms with Crippen LogP contribution in [0.3, 0.4) is 0 Å². The number of carbonyl (C=O) groups excluding carboxylic acids is 1. The summed E-state index contributed by atoms with van der Waals surface area (Å²) in [6, 6.07) is 0. The van der Waals surface area contributed by atoms with Gasteiger partial charge in [-0.05, 0) is 18.2 Å². The molecule has 4 N–H and O–H groups in total. The third-order valence-corrected chi connectivity index (χ3v) is 2.56. The van der Waals surface area contributed by atoms with Gasteiger partial charge >= 0.3 is 0 Å². The number of amides is 1. The highest BCUT2D eigenvalue weighted by molar-refractivity contribution is 5.84. The molecule has 1 amide bonds. The minimum Gasteiger partial charge on any atom is -1.00 e. The number of quaternary nitrogens is 1. The van der Waals surface area contributed by atoms with E-state index < -0.39 is 5.91 Å². The molecule has 27 heavy (non-hydrogen) atoms. The van der Waals surface area contributed by atoms with Crippen LogP contribution in [0.5, 0.6) is 0 Å². The average molecular weight is 404 g/mol. The molecule has 1 atom stereocenters. The first-order valence-corrected chi connectivity index (χ1v) is 8.31. The first kappa shape index (κ1) is 32.9. The molecule has 0 spiro atoms. The van der Waals surface area contributed by atoms with E-state index >= 15 is 0 Å². The maximum atomic E-state index is 9.47. The second-order valence-electron chi connectivity index (χ2n) is 5.79. The van der Waals surface area contributed by atoms with Crippen molar-refractivity contribution < 1.29 is 31.2 Å². The molecule has 1 aliphatic heterocycles. The number of hydrogen-bond acceptors (Lipinski definition) is 4. The van der Waals surface area contributed by atoms with Gasteiger partial charge in [0.25, 0.3) is 0 Å². The highest BCUT2D eigenvalue weighted by atomic mass is 35.5. The van der Waals surface area contributed by atoms with Gasteiger partial charge in [-0.1, -0.05) is 31.9 Å². The van der Waals surface area contributed by atoms with Crippen LogP contribution in [-0.4, -0.2) is 70.0 Å². The summed E-state index contributed by atoms with van der Waals surface area (Å²) in [5.74, 6) is -0.481. The third-order valence-electron chi connectivity index (χ3n) is 2.56. The molecule has 6 nitrogen and oxygen atoms in total. The number of likely N-dealkylation sites (N-methyl/N-ethyl adjacent to an activating group) is 1. The number of rotatable bonds is 10. The number of nitrogens with zero attached hydrogens (tertiary/aromatic N) is 1. The van der Waals surface area contributed by atoms with E-state index in [0.717, 1.165) is 36.9 Å². The third kappa shape index (κ3) is 40.4. The van der Waals surface area contributed by atoms with Crippen LogP contribution in [0.1, 0.15) is 0 Å². The summed E-state index contributed by atoms with van der Waals surface area (Å²) in [6.45, 7) is 22.1. The normalized spacial score (nSPS) is 13.2. The standard InChI is InChI=1S/C8H16N.C6H10O2.C3H5NO.C3H7N.ClH/c1-5-7-9(3,4)8-6-2;1-2-3-7-4-6-5-8-6;1-2-3(4)5;1-2-3-4;/h5-6H,1-2,7-8H2,3-4H3;2,6H,1,3-5H2;2H,1H2,(H2,4,5);2H,1,3-4H2;1H/q+1;;;;/p-1. The average Bonchev–Trinajstić information content (AvgIpc) is 3.40. The van der Waals surface area contributed by atoms with Gasteiger partial charge in [0, 0.05) is 6.54 Å². The Labute approximate surface area is 171 Å². The van der Waals surface area contributed by atoms with Gasteiger partial charge in [-0.15, -0.1) is 13.2 Å². The van der Waals surface area contributed by atoms with Crippen molar-refractivity contribution >= 4 is 5.91 Å². The molecule has 1 saturated heterocycles. The molecule has 0 aromatic rings. The largest absolute Gasteiger partial charge is 1.00 e. The lowest BCUT2D eigenvalue weighted by molar-refractivity contribution is -0.878. The molecule has 0 saturated carbocycles. The maximum Gasteiger partial charge on any atom is 0.240 e. The van der Waals surface area contributed by atoms with Crippen molar-refractivity contribution in [2.75, 3.05) is 53.6 Å². The van der Waals surface area contributed by atoms with Gasteiger partial charge in [-0.3, -0.25) is 4.79 Å². The zero-order valence-electron chi connectivity index (χ0n) is 16.9. The van der Waals surface area contributed by atoms with E-state index in [1.165, 1.54) is 0 Å². The summed E-state index contributed by atoms with van der Waals surface area (Å²) >= 11 is 0. The van der Waals surface area contributed by atoms with Gasteiger partial charge in [0.1, 0.15) is 6.10 Å². The van der Waals surface area contributed by atoms with Gasteiger partial charge in [0.15, 0.2) is 0 Å². The summed E-state index contributed by atoms with van der Waals surface area (Å²) in [5.41, 5.74) is 9.44. The Bertz CT molecular complexity index is 397. The molecule has 0 radical (unpaired) electrons. The number of carbonyl (C=O) groups is 1. The van der Waals surface area contributed by atoms with Gasteiger partial charge < -0.3 is 37.8 Å². The smallest absolute Gasteiger partial charge is 0.240 e.